The molecule has 2 aromatic carbocycles. The van der Waals surface area contributed by atoms with Crippen LogP contribution in [0.2, 0.25) is 0 Å². The number of benzene rings is 2. The first kappa shape index (κ1) is 39.5. The number of nitrogens with zero attached hydrogens (tertiary/aromatic N) is 2. The van der Waals surface area contributed by atoms with Crippen molar-refractivity contribution in [2.45, 2.75) is 130 Å². The minimum Gasteiger partial charge on any atom is -0.475 e. The van der Waals surface area contributed by atoms with Crippen molar-refractivity contribution in [2.24, 2.45) is 0 Å². The zero-order valence-electron chi connectivity index (χ0n) is 29.8. The molecule has 0 spiro atoms. The predicted molar refractivity (Wildman–Crippen MR) is 175 cm³/mol. The second kappa shape index (κ2) is 14.7. The Kier molecular flexibility index (Phi) is 11.4. The van der Waals surface area contributed by atoms with Crippen LogP contribution in [0.5, 0.6) is 11.5 Å². The van der Waals surface area contributed by atoms with Crippen LogP contribution in [0.25, 0.3) is 21.9 Å². The third kappa shape index (κ3) is 8.12. The van der Waals surface area contributed by atoms with Crippen LogP contribution in [0.15, 0.2) is 21.2 Å². The molecule has 0 N–H and O–H groups in total. The van der Waals surface area contributed by atoms with Crippen LogP contribution in [0.3, 0.4) is 0 Å². The number of esters is 2. The molecular weight excluding hydrogens is 686 g/mol. The van der Waals surface area contributed by atoms with Crippen molar-refractivity contribution < 1.29 is 59.2 Å². The van der Waals surface area contributed by atoms with Gasteiger partial charge in [0.25, 0.3) is 0 Å². The third-order valence-electron chi connectivity index (χ3n) is 8.23. The Morgan fingerprint density at radius 1 is 0.627 bits per heavy atom. The van der Waals surface area contributed by atoms with Crippen molar-refractivity contribution in [3.63, 3.8) is 0 Å². The number of alkyl halides is 6. The quantitative estimate of drug-likeness (QED) is 0.0711. The number of aromatic nitrogens is 2. The molecule has 51 heavy (non-hydrogen) atoms. The van der Waals surface area contributed by atoms with E-state index in [0.717, 1.165) is 0 Å². The Morgan fingerprint density at radius 3 is 1.45 bits per heavy atom. The van der Waals surface area contributed by atoms with Gasteiger partial charge in [-0.3, -0.25) is 0 Å². The molecule has 0 aliphatic heterocycles. The fraction of sp³-hybridized carbons (Fsp3) is 0.556. The fourth-order valence-electron chi connectivity index (χ4n) is 5.81. The molecular formula is C36H42F6N2O7. The zero-order chi connectivity index (χ0) is 38.1. The van der Waals surface area contributed by atoms with Crippen LogP contribution in [-0.2, 0) is 52.4 Å². The van der Waals surface area contributed by atoms with Crippen LogP contribution in [-0.4, -0.2) is 33.5 Å². The highest BCUT2D eigenvalue weighted by Crippen LogP contribution is 2.43. The average Bonchev–Trinajstić information content (AvgIpc) is 3.65. The number of ether oxygens (including phenoxy) is 3. The number of hydrogen-bond acceptors (Lipinski definition) is 9. The second-order valence-electron chi connectivity index (χ2n) is 13.4. The summed E-state index contributed by atoms with van der Waals surface area (Å²) >= 11 is 0. The van der Waals surface area contributed by atoms with Crippen molar-refractivity contribution in [2.75, 3.05) is 0 Å². The molecule has 15 heteroatoms. The lowest BCUT2D eigenvalue weighted by Gasteiger charge is -2.31. The maximum Gasteiger partial charge on any atom is 0.437 e. The Bertz CT molecular complexity index is 1900. The second-order valence-corrected chi connectivity index (χ2v) is 13.4. The maximum atomic E-state index is 13.8. The first-order valence-electron chi connectivity index (χ1n) is 16.9. The molecule has 2 heterocycles. The van der Waals surface area contributed by atoms with Gasteiger partial charge in [-0.2, -0.15) is 26.3 Å². The van der Waals surface area contributed by atoms with Gasteiger partial charge in [-0.25, -0.2) is 9.59 Å². The lowest BCUT2D eigenvalue weighted by atomic mass is 9.97. The van der Waals surface area contributed by atoms with E-state index >= 15 is 0 Å². The summed E-state index contributed by atoms with van der Waals surface area (Å²) in [4.78, 5) is 27.4. The molecule has 0 atom stereocenters. The molecule has 0 unspecified atom stereocenters. The molecule has 0 saturated carbocycles. The van der Waals surface area contributed by atoms with Crippen molar-refractivity contribution in [3.8, 4) is 11.5 Å². The summed E-state index contributed by atoms with van der Waals surface area (Å²) in [7, 11) is 0. The highest BCUT2D eigenvalue weighted by atomic mass is 19.4. The molecule has 0 fully saturated rings. The summed E-state index contributed by atoms with van der Waals surface area (Å²) in [6.07, 6.45) is -6.48. The largest absolute Gasteiger partial charge is 0.475 e. The van der Waals surface area contributed by atoms with Crippen LogP contribution < -0.4 is 9.47 Å². The number of rotatable bonds is 14. The normalized spacial score (nSPS) is 12.9. The lowest BCUT2D eigenvalue weighted by Crippen LogP contribution is -2.48. The van der Waals surface area contributed by atoms with Gasteiger partial charge in [-0.15, -0.1) is 0 Å². The van der Waals surface area contributed by atoms with E-state index < -0.39 is 46.9 Å². The molecule has 4 aromatic rings. The van der Waals surface area contributed by atoms with Crippen LogP contribution >= 0.6 is 0 Å². The summed E-state index contributed by atoms with van der Waals surface area (Å²) in [6, 6.07) is 2.56. The first-order chi connectivity index (χ1) is 23.7. The number of halogens is 6. The molecule has 0 aliphatic carbocycles. The summed E-state index contributed by atoms with van der Waals surface area (Å²) in [5, 5.41) is 6.09. The fourth-order valence-corrected chi connectivity index (χ4v) is 5.81. The van der Waals surface area contributed by atoms with Gasteiger partial charge in [0.2, 0.25) is 5.60 Å². The van der Waals surface area contributed by atoms with Gasteiger partial charge < -0.3 is 23.3 Å². The van der Waals surface area contributed by atoms with E-state index in [1.54, 1.807) is 6.92 Å². The van der Waals surface area contributed by atoms with Crippen LogP contribution in [0, 0.1) is 0 Å². The van der Waals surface area contributed by atoms with E-state index in [0.29, 0.717) is 48.8 Å². The molecule has 0 radical (unpaired) electrons. The maximum absolute atomic E-state index is 13.8. The number of fused-ring (bicyclic) bond motifs is 2. The van der Waals surface area contributed by atoms with E-state index in [2.05, 4.69) is 10.3 Å². The van der Waals surface area contributed by atoms with Gasteiger partial charge in [0.05, 0.1) is 10.8 Å². The zero-order valence-corrected chi connectivity index (χ0v) is 29.8. The average molecular weight is 729 g/mol. The van der Waals surface area contributed by atoms with Gasteiger partial charge in [0.15, 0.2) is 28.2 Å². The summed E-state index contributed by atoms with van der Waals surface area (Å²) in [5.41, 5.74) is -5.07. The molecule has 0 saturated heterocycles. The van der Waals surface area contributed by atoms with Crippen molar-refractivity contribution in [1.82, 2.24) is 10.3 Å². The van der Waals surface area contributed by atoms with Gasteiger partial charge in [-0.05, 0) is 76.6 Å². The van der Waals surface area contributed by atoms with Crippen molar-refractivity contribution in [3.05, 3.63) is 45.8 Å². The summed E-state index contributed by atoms with van der Waals surface area (Å²) in [5.74, 6) is -1.85. The topological polar surface area (TPSA) is 114 Å². The van der Waals surface area contributed by atoms with Crippen LogP contribution in [0.4, 0.5) is 26.3 Å². The number of aryl methyl sites for hydroxylation is 4. The highest BCUT2D eigenvalue weighted by molar-refractivity contribution is 5.91. The number of carbonyl (C=O) groups excluding carboxylic acids is 2. The SMILES string of the molecule is CCCc1cc2c(C(F)(F)F)noc2c(CCC)c1OC(=O)C(C)(C)OC(=O)C(C)(C)Oc1c(CCC)cc2c(C(F)(F)F)noc2c1CCC. The van der Waals surface area contributed by atoms with E-state index in [-0.39, 0.29) is 58.3 Å². The Balaban J connectivity index is 1.68. The van der Waals surface area contributed by atoms with Gasteiger partial charge >= 0.3 is 24.3 Å². The van der Waals surface area contributed by atoms with Gasteiger partial charge in [-0.1, -0.05) is 63.7 Å². The molecule has 4 rings (SSSR count). The van der Waals surface area contributed by atoms with E-state index in [4.69, 9.17) is 23.3 Å². The Labute approximate surface area is 290 Å². The monoisotopic (exact) mass is 728 g/mol. The molecule has 9 nitrogen and oxygen atoms in total. The minimum absolute atomic E-state index is 0.00714. The molecule has 0 aliphatic rings. The summed E-state index contributed by atoms with van der Waals surface area (Å²) in [6.45, 7) is 12.6. The van der Waals surface area contributed by atoms with Crippen molar-refractivity contribution in [1.29, 1.82) is 0 Å². The van der Waals surface area contributed by atoms with E-state index in [1.165, 1.54) is 39.8 Å². The standard InChI is InChI=1S/C36H42F6N2O7/c1-9-13-19-17-23-27(50-43-29(23)35(37,38)39)21(15-11-3)25(19)47-31(45)33(5,6)49-32(46)34(7,8)48-26-20(14-10-2)18-24-28(22(26)16-12-4)51-44-30(24)36(40,41)42/h17-18H,9-16H2,1-8H3. The summed E-state index contributed by atoms with van der Waals surface area (Å²) < 4.78 is 111. The smallest absolute Gasteiger partial charge is 0.437 e. The van der Waals surface area contributed by atoms with Crippen LogP contribution in [0.1, 0.15) is 115 Å². The highest BCUT2D eigenvalue weighted by Gasteiger charge is 2.44. The van der Waals surface area contributed by atoms with E-state index in [1.807, 2.05) is 20.8 Å². The number of carbonyl (C=O) groups is 2. The first-order valence-corrected chi connectivity index (χ1v) is 16.9. The minimum atomic E-state index is -4.78. The van der Waals surface area contributed by atoms with Crippen molar-refractivity contribution >= 4 is 33.9 Å². The van der Waals surface area contributed by atoms with Gasteiger partial charge in [0.1, 0.15) is 11.5 Å². The molecule has 0 amide bonds. The predicted octanol–water partition coefficient (Wildman–Crippen LogP) is 9.90. The lowest BCUT2D eigenvalue weighted by molar-refractivity contribution is -0.182. The number of hydrogen-bond donors (Lipinski definition) is 0. The Morgan fingerprint density at radius 2 is 1.04 bits per heavy atom. The van der Waals surface area contributed by atoms with Gasteiger partial charge in [0, 0.05) is 11.1 Å². The molecule has 0 bridgehead atoms. The Hall–Kier alpha value is -4.30. The molecule has 2 aromatic heterocycles. The third-order valence-corrected chi connectivity index (χ3v) is 8.23. The van der Waals surface area contributed by atoms with E-state index in [9.17, 15) is 35.9 Å². The molecule has 280 valence electrons.